The molecule has 0 amide bonds. The smallest absolute Gasteiger partial charge is 0.134 e. The highest BCUT2D eigenvalue weighted by Crippen LogP contribution is 2.32. The molecule has 0 spiro atoms. The molecule has 0 saturated heterocycles. The van der Waals surface area contributed by atoms with Crippen LogP contribution in [-0.2, 0) is 0 Å². The summed E-state index contributed by atoms with van der Waals surface area (Å²) in [7, 11) is 0. The van der Waals surface area contributed by atoms with E-state index in [4.69, 9.17) is 16.9 Å². The molecule has 0 aromatic heterocycles. The van der Waals surface area contributed by atoms with Crippen molar-refractivity contribution in [2.45, 2.75) is 0 Å². The van der Waals surface area contributed by atoms with Gasteiger partial charge in [0.1, 0.15) is 5.75 Å². The summed E-state index contributed by atoms with van der Waals surface area (Å²) in [6.45, 7) is 0. The average Bonchev–Trinajstić information content (AvgIpc) is 2.23. The molecule has 0 radical (unpaired) electrons. The number of phenolic OH excluding ortho intramolecular Hbond substituents is 1. The van der Waals surface area contributed by atoms with E-state index in [-0.39, 0.29) is 5.75 Å². The molecule has 2 aromatic carbocycles. The minimum atomic E-state index is 0.0363. The number of hydrogen-bond acceptors (Lipinski definition) is 2. The van der Waals surface area contributed by atoms with Crippen molar-refractivity contribution in [2.24, 2.45) is 0 Å². The molecule has 2 rings (SSSR count). The molecule has 0 aliphatic heterocycles. The highest BCUT2D eigenvalue weighted by Gasteiger charge is 2.04. The van der Waals surface area contributed by atoms with E-state index in [9.17, 15) is 5.11 Å². The van der Waals surface area contributed by atoms with E-state index in [2.05, 4.69) is 0 Å². The van der Waals surface area contributed by atoms with E-state index in [0.717, 1.165) is 5.39 Å². The Morgan fingerprint density at radius 2 is 1.93 bits per heavy atom. The number of benzene rings is 2. The first-order valence-corrected chi connectivity index (χ1v) is 4.41. The SMILES string of the molecule is N#Cc1ccc2ccc(O)c(Cl)c2c1. The van der Waals surface area contributed by atoms with Crippen molar-refractivity contribution in [2.75, 3.05) is 0 Å². The maximum absolute atomic E-state index is 9.37. The Hall–Kier alpha value is -1.72. The predicted molar refractivity (Wildman–Crippen MR) is 55.3 cm³/mol. The van der Waals surface area contributed by atoms with Crippen LogP contribution in [0.5, 0.6) is 5.75 Å². The molecule has 0 bridgehead atoms. The number of aromatic hydroxyl groups is 1. The lowest BCUT2D eigenvalue weighted by Crippen LogP contribution is -1.78. The molecule has 0 saturated carbocycles. The molecule has 0 aliphatic carbocycles. The second-order valence-corrected chi connectivity index (χ2v) is 3.32. The molecule has 2 nitrogen and oxygen atoms in total. The largest absolute Gasteiger partial charge is 0.506 e. The van der Waals surface area contributed by atoms with Gasteiger partial charge < -0.3 is 5.11 Å². The number of halogens is 1. The van der Waals surface area contributed by atoms with Crippen LogP contribution in [0.3, 0.4) is 0 Å². The summed E-state index contributed by atoms with van der Waals surface area (Å²) < 4.78 is 0. The number of nitriles is 1. The van der Waals surface area contributed by atoms with E-state index in [0.29, 0.717) is 16.0 Å². The summed E-state index contributed by atoms with van der Waals surface area (Å²) >= 11 is 5.90. The quantitative estimate of drug-likeness (QED) is 0.715. The monoisotopic (exact) mass is 203 g/mol. The first-order valence-electron chi connectivity index (χ1n) is 4.03. The molecule has 0 unspecified atom stereocenters. The summed E-state index contributed by atoms with van der Waals surface area (Å²) in [6, 6.07) is 10.5. The highest BCUT2D eigenvalue weighted by molar-refractivity contribution is 6.37. The Morgan fingerprint density at radius 3 is 2.64 bits per heavy atom. The van der Waals surface area contributed by atoms with Gasteiger partial charge in [0.15, 0.2) is 0 Å². The Labute approximate surface area is 86.0 Å². The third-order valence-electron chi connectivity index (χ3n) is 2.06. The van der Waals surface area contributed by atoms with Crippen LogP contribution in [0.1, 0.15) is 5.56 Å². The summed E-state index contributed by atoms with van der Waals surface area (Å²) in [5, 5.41) is 20.0. The fourth-order valence-corrected chi connectivity index (χ4v) is 1.57. The minimum Gasteiger partial charge on any atom is -0.506 e. The van der Waals surface area contributed by atoms with Crippen molar-refractivity contribution >= 4 is 22.4 Å². The topological polar surface area (TPSA) is 44.0 Å². The van der Waals surface area contributed by atoms with Crippen molar-refractivity contribution in [1.29, 1.82) is 5.26 Å². The van der Waals surface area contributed by atoms with Crippen molar-refractivity contribution < 1.29 is 5.11 Å². The van der Waals surface area contributed by atoms with Crippen molar-refractivity contribution in [1.82, 2.24) is 0 Å². The molecule has 1 N–H and O–H groups in total. The van der Waals surface area contributed by atoms with E-state index in [1.54, 1.807) is 24.3 Å². The van der Waals surface area contributed by atoms with Gasteiger partial charge in [-0.25, -0.2) is 0 Å². The standard InChI is InChI=1S/C11H6ClNO/c12-11-9-5-7(6-13)1-2-8(9)3-4-10(11)14/h1-5,14H. The van der Waals surface area contributed by atoms with Crippen LogP contribution in [0, 0.1) is 11.3 Å². The summed E-state index contributed by atoms with van der Waals surface area (Å²) in [4.78, 5) is 0. The molecule has 3 heteroatoms. The minimum absolute atomic E-state index is 0.0363. The Balaban J connectivity index is 2.86. The van der Waals surface area contributed by atoms with Crippen LogP contribution in [0.25, 0.3) is 10.8 Å². The number of hydrogen-bond donors (Lipinski definition) is 1. The third kappa shape index (κ3) is 1.28. The van der Waals surface area contributed by atoms with Gasteiger partial charge in [0.05, 0.1) is 16.7 Å². The van der Waals surface area contributed by atoms with Gasteiger partial charge in [0, 0.05) is 5.39 Å². The highest BCUT2D eigenvalue weighted by atomic mass is 35.5. The van der Waals surface area contributed by atoms with Crippen LogP contribution in [-0.4, -0.2) is 5.11 Å². The lowest BCUT2D eigenvalue weighted by molar-refractivity contribution is 0.476. The summed E-state index contributed by atoms with van der Waals surface area (Å²) in [5.41, 5.74) is 0.532. The van der Waals surface area contributed by atoms with E-state index in [1.165, 1.54) is 6.07 Å². The van der Waals surface area contributed by atoms with Crippen molar-refractivity contribution in [3.05, 3.63) is 40.9 Å². The molecule has 0 fully saturated rings. The second-order valence-electron chi connectivity index (χ2n) is 2.95. The maximum Gasteiger partial charge on any atom is 0.134 e. The van der Waals surface area contributed by atoms with E-state index in [1.807, 2.05) is 6.07 Å². The fourth-order valence-electron chi connectivity index (χ4n) is 1.34. The van der Waals surface area contributed by atoms with Crippen LogP contribution in [0.2, 0.25) is 5.02 Å². The fraction of sp³-hybridized carbons (Fsp3) is 0. The second kappa shape index (κ2) is 3.21. The van der Waals surface area contributed by atoms with E-state index >= 15 is 0 Å². The lowest BCUT2D eigenvalue weighted by atomic mass is 10.1. The number of fused-ring (bicyclic) bond motifs is 1. The Morgan fingerprint density at radius 1 is 1.21 bits per heavy atom. The zero-order valence-corrected chi connectivity index (χ0v) is 7.92. The third-order valence-corrected chi connectivity index (χ3v) is 2.46. The first-order chi connectivity index (χ1) is 6.72. The van der Waals surface area contributed by atoms with Gasteiger partial charge in [-0.05, 0) is 23.6 Å². The van der Waals surface area contributed by atoms with Crippen molar-refractivity contribution in [3.8, 4) is 11.8 Å². The van der Waals surface area contributed by atoms with Crippen LogP contribution >= 0.6 is 11.6 Å². The average molecular weight is 204 g/mol. The summed E-state index contributed by atoms with van der Waals surface area (Å²) in [5.74, 6) is 0.0363. The van der Waals surface area contributed by atoms with Gasteiger partial charge in [-0.3, -0.25) is 0 Å². The van der Waals surface area contributed by atoms with Crippen molar-refractivity contribution in [3.63, 3.8) is 0 Å². The number of nitrogens with zero attached hydrogens (tertiary/aromatic N) is 1. The number of rotatable bonds is 0. The predicted octanol–water partition coefficient (Wildman–Crippen LogP) is 3.07. The lowest BCUT2D eigenvalue weighted by Gasteiger charge is -2.02. The maximum atomic E-state index is 9.37. The molecule has 68 valence electrons. The normalized spacial score (nSPS) is 10.0. The zero-order valence-electron chi connectivity index (χ0n) is 7.16. The Kier molecular flexibility index (Phi) is 2.03. The van der Waals surface area contributed by atoms with Gasteiger partial charge >= 0.3 is 0 Å². The summed E-state index contributed by atoms with van der Waals surface area (Å²) in [6.07, 6.45) is 0. The van der Waals surface area contributed by atoms with Gasteiger partial charge in [0.2, 0.25) is 0 Å². The Bertz CT molecular complexity index is 543. The molecule has 14 heavy (non-hydrogen) atoms. The number of phenols is 1. The first kappa shape index (κ1) is 8.86. The molecular formula is C11H6ClNO. The molecular weight excluding hydrogens is 198 g/mol. The van der Waals surface area contributed by atoms with Crippen LogP contribution in [0.4, 0.5) is 0 Å². The van der Waals surface area contributed by atoms with Crippen LogP contribution in [0.15, 0.2) is 30.3 Å². The molecule has 0 heterocycles. The van der Waals surface area contributed by atoms with Gasteiger partial charge in [-0.2, -0.15) is 5.26 Å². The van der Waals surface area contributed by atoms with Gasteiger partial charge in [-0.1, -0.05) is 23.7 Å². The van der Waals surface area contributed by atoms with E-state index < -0.39 is 0 Å². The van der Waals surface area contributed by atoms with Crippen LogP contribution < -0.4 is 0 Å². The molecule has 2 aromatic rings. The molecule has 0 aliphatic rings. The molecule has 0 atom stereocenters. The zero-order chi connectivity index (χ0) is 10.1. The van der Waals surface area contributed by atoms with Gasteiger partial charge in [-0.15, -0.1) is 0 Å². The van der Waals surface area contributed by atoms with Gasteiger partial charge in [0.25, 0.3) is 0 Å².